The number of nitrogens with zero attached hydrogens (tertiary/aromatic N) is 1. The molecule has 0 spiro atoms. The zero-order valence-corrected chi connectivity index (χ0v) is 24.7. The molecule has 45 heavy (non-hydrogen) atoms. The van der Waals surface area contributed by atoms with Gasteiger partial charge in [0, 0.05) is 39.6 Å². The predicted octanol–water partition coefficient (Wildman–Crippen LogP) is 5.44. The maximum Gasteiger partial charge on any atom is 0.238 e. The van der Waals surface area contributed by atoms with Crippen LogP contribution in [0.3, 0.4) is 0 Å². The lowest BCUT2D eigenvalue weighted by Gasteiger charge is -2.42. The van der Waals surface area contributed by atoms with Crippen molar-refractivity contribution in [3.05, 3.63) is 119 Å². The zero-order chi connectivity index (χ0) is 31.2. The summed E-state index contributed by atoms with van der Waals surface area (Å²) >= 11 is 0. The maximum absolute atomic E-state index is 14.2. The fourth-order valence-electron chi connectivity index (χ4n) is 7.36. The second kappa shape index (κ2) is 11.4. The van der Waals surface area contributed by atoms with Gasteiger partial charge in [-0.15, -0.1) is 0 Å². The number of hydrogen-bond acceptors (Lipinski definition) is 7. The lowest BCUT2D eigenvalue weighted by Crippen LogP contribution is -2.40. The van der Waals surface area contributed by atoms with E-state index in [2.05, 4.69) is 5.32 Å². The number of ketones is 2. The van der Waals surface area contributed by atoms with E-state index in [1.807, 2.05) is 66.7 Å². The fraction of sp³-hybridized carbons (Fsp3) is 0.243. The molecule has 8 heteroatoms. The molecule has 4 aliphatic rings. The van der Waals surface area contributed by atoms with Gasteiger partial charge in [0.25, 0.3) is 0 Å². The Morgan fingerprint density at radius 3 is 2.33 bits per heavy atom. The third kappa shape index (κ3) is 4.82. The number of amides is 2. The number of benzene rings is 3. The number of anilines is 3. The van der Waals surface area contributed by atoms with E-state index in [0.29, 0.717) is 40.1 Å². The summed E-state index contributed by atoms with van der Waals surface area (Å²) in [5.41, 5.74) is 4.97. The number of ether oxygens (including phenoxy) is 1. The van der Waals surface area contributed by atoms with Crippen LogP contribution in [0.25, 0.3) is 0 Å². The van der Waals surface area contributed by atoms with Crippen LogP contribution in [0.4, 0.5) is 17.1 Å². The molecule has 1 saturated heterocycles. The van der Waals surface area contributed by atoms with Crippen molar-refractivity contribution < 1.29 is 29.0 Å². The Bertz CT molecular complexity index is 1820. The minimum absolute atomic E-state index is 0.0657. The summed E-state index contributed by atoms with van der Waals surface area (Å²) in [5, 5.41) is 12.8. The first-order valence-corrected chi connectivity index (χ1v) is 15.2. The summed E-state index contributed by atoms with van der Waals surface area (Å²) in [7, 11) is 0. The summed E-state index contributed by atoms with van der Waals surface area (Å²) in [4.78, 5) is 56.5. The van der Waals surface area contributed by atoms with Crippen LogP contribution < -0.4 is 15.0 Å². The molecular weight excluding hydrogens is 568 g/mol. The number of allylic oxidation sites excluding steroid dienone is 6. The molecule has 0 radical (unpaired) electrons. The molecule has 4 atom stereocenters. The smallest absolute Gasteiger partial charge is 0.238 e. The van der Waals surface area contributed by atoms with Gasteiger partial charge in [-0.1, -0.05) is 48.0 Å². The Morgan fingerprint density at radius 1 is 0.867 bits per heavy atom. The average Bonchev–Trinajstić information content (AvgIpc) is 3.32. The summed E-state index contributed by atoms with van der Waals surface area (Å²) < 4.78 is 5.89. The van der Waals surface area contributed by atoms with Crippen molar-refractivity contribution in [3.8, 4) is 5.75 Å². The molecule has 0 aromatic heterocycles. The monoisotopic (exact) mass is 600 g/mol. The lowest BCUT2D eigenvalue weighted by molar-refractivity contribution is -0.123. The van der Waals surface area contributed by atoms with E-state index in [-0.39, 0.29) is 43.0 Å². The molecular formula is C37H32N2O6. The number of Topliss-reactive ketones (excluding diaryl/α,β-unsaturated/α-hetero) is 1. The molecule has 4 unspecified atom stereocenters. The highest BCUT2D eigenvalue weighted by Gasteiger charge is 2.56. The Balaban J connectivity index is 1.26. The molecule has 1 heterocycles. The quantitative estimate of drug-likeness (QED) is 0.211. The minimum Gasteiger partial charge on any atom is -0.491 e. The number of aliphatic hydroxyl groups is 1. The summed E-state index contributed by atoms with van der Waals surface area (Å²) in [5.74, 6) is -2.78. The number of hydrogen-bond donors (Lipinski definition) is 2. The Labute approximate surface area is 260 Å². The van der Waals surface area contributed by atoms with Crippen LogP contribution in [0.2, 0.25) is 0 Å². The van der Waals surface area contributed by atoms with Gasteiger partial charge in [0.15, 0.2) is 11.6 Å². The Morgan fingerprint density at radius 2 is 1.58 bits per heavy atom. The molecule has 1 aliphatic heterocycles. The molecule has 1 fully saturated rings. The van der Waals surface area contributed by atoms with Crippen molar-refractivity contribution in [2.75, 3.05) is 23.4 Å². The lowest BCUT2D eigenvalue weighted by atomic mass is 9.59. The van der Waals surface area contributed by atoms with E-state index < -0.39 is 23.7 Å². The van der Waals surface area contributed by atoms with Gasteiger partial charge in [0.2, 0.25) is 11.8 Å². The summed E-state index contributed by atoms with van der Waals surface area (Å²) in [6, 6.07) is 24.2. The Hall–Kier alpha value is -5.08. The van der Waals surface area contributed by atoms with Gasteiger partial charge in [-0.3, -0.25) is 24.1 Å². The molecule has 0 saturated carbocycles. The van der Waals surface area contributed by atoms with E-state index in [0.717, 1.165) is 16.9 Å². The number of imide groups is 1. The van der Waals surface area contributed by atoms with E-state index in [9.17, 15) is 24.3 Å². The van der Waals surface area contributed by atoms with Crippen LogP contribution in [-0.2, 0) is 19.2 Å². The SMILES string of the molecule is CC1=CC(=O)C2=C(C1=O)C(c1ccccc1OCCO)C1=CCC3C(=O)N(c4ccc(Nc5ccccc5)cc4)C(=O)C3C1C2. The first-order valence-electron chi connectivity index (χ1n) is 15.2. The normalized spacial score (nSPS) is 24.1. The van der Waals surface area contributed by atoms with Crippen LogP contribution >= 0.6 is 0 Å². The number of carbonyl (C=O) groups excluding carboxylic acids is 4. The standard InChI is InChI=1S/C37H32N2O6/c1-21-19-30(41)29-20-28-25(32(34(29)35(21)42)26-9-5-6-10-31(26)45-18-17-40)15-16-27-33(28)37(44)39(36(27)43)24-13-11-23(12-14-24)38-22-7-3-2-4-8-22/h2-15,19,27-28,32-33,38,40H,16-18,20H2,1H3. The molecule has 3 aliphatic carbocycles. The van der Waals surface area contributed by atoms with Crippen LogP contribution in [0, 0.1) is 17.8 Å². The number of fused-ring (bicyclic) bond motifs is 3. The van der Waals surface area contributed by atoms with Crippen LogP contribution in [0.15, 0.2) is 113 Å². The van der Waals surface area contributed by atoms with Gasteiger partial charge in [0.1, 0.15) is 12.4 Å². The van der Waals surface area contributed by atoms with Crippen molar-refractivity contribution in [1.29, 1.82) is 0 Å². The van der Waals surface area contributed by atoms with Crippen LogP contribution in [-0.4, -0.2) is 41.7 Å². The van der Waals surface area contributed by atoms with Crippen LogP contribution in [0.1, 0.15) is 31.2 Å². The number of nitrogens with one attached hydrogen (secondary N) is 1. The van der Waals surface area contributed by atoms with Crippen molar-refractivity contribution in [2.24, 2.45) is 17.8 Å². The number of rotatable bonds is 7. The maximum atomic E-state index is 14.2. The number of para-hydroxylation sites is 2. The van der Waals surface area contributed by atoms with Gasteiger partial charge in [-0.25, -0.2) is 0 Å². The molecule has 3 aromatic rings. The number of carbonyl (C=O) groups is 4. The van der Waals surface area contributed by atoms with Gasteiger partial charge in [0.05, 0.1) is 24.1 Å². The third-order valence-electron chi connectivity index (χ3n) is 9.33. The molecule has 2 N–H and O–H groups in total. The predicted molar refractivity (Wildman–Crippen MR) is 169 cm³/mol. The van der Waals surface area contributed by atoms with Crippen molar-refractivity contribution in [1.82, 2.24) is 0 Å². The first-order chi connectivity index (χ1) is 21.9. The largest absolute Gasteiger partial charge is 0.491 e. The number of aliphatic hydroxyl groups excluding tert-OH is 1. The molecule has 8 nitrogen and oxygen atoms in total. The third-order valence-corrected chi connectivity index (χ3v) is 9.33. The fourth-order valence-corrected chi connectivity index (χ4v) is 7.36. The minimum atomic E-state index is -0.670. The zero-order valence-electron chi connectivity index (χ0n) is 24.7. The second-order valence-corrected chi connectivity index (χ2v) is 11.9. The topological polar surface area (TPSA) is 113 Å². The van der Waals surface area contributed by atoms with Crippen molar-refractivity contribution in [2.45, 2.75) is 25.7 Å². The van der Waals surface area contributed by atoms with E-state index in [1.165, 1.54) is 11.0 Å². The molecule has 226 valence electrons. The van der Waals surface area contributed by atoms with E-state index in [4.69, 9.17) is 4.74 Å². The second-order valence-electron chi connectivity index (χ2n) is 11.9. The first kappa shape index (κ1) is 28.7. The Kier molecular flexibility index (Phi) is 7.30. The van der Waals surface area contributed by atoms with Crippen molar-refractivity contribution >= 4 is 40.4 Å². The van der Waals surface area contributed by atoms with Crippen LogP contribution in [0.5, 0.6) is 5.75 Å². The highest BCUT2D eigenvalue weighted by molar-refractivity contribution is 6.25. The molecule has 2 amide bonds. The summed E-state index contributed by atoms with van der Waals surface area (Å²) in [6.45, 7) is 1.53. The van der Waals surface area contributed by atoms with E-state index in [1.54, 1.807) is 25.1 Å². The summed E-state index contributed by atoms with van der Waals surface area (Å²) in [6.07, 6.45) is 3.93. The van der Waals surface area contributed by atoms with E-state index >= 15 is 0 Å². The molecule has 7 rings (SSSR count). The highest BCUT2D eigenvalue weighted by Crippen LogP contribution is 2.56. The highest BCUT2D eigenvalue weighted by atomic mass is 16.5. The van der Waals surface area contributed by atoms with Gasteiger partial charge in [-0.2, -0.15) is 0 Å². The van der Waals surface area contributed by atoms with Gasteiger partial charge in [-0.05, 0) is 74.2 Å². The van der Waals surface area contributed by atoms with Gasteiger partial charge >= 0.3 is 0 Å². The average molecular weight is 601 g/mol. The van der Waals surface area contributed by atoms with Crippen molar-refractivity contribution in [3.63, 3.8) is 0 Å². The van der Waals surface area contributed by atoms with Gasteiger partial charge < -0.3 is 15.2 Å². The molecule has 3 aromatic carbocycles. The molecule has 0 bridgehead atoms.